The number of halogens is 1. The second-order valence-electron chi connectivity index (χ2n) is 7.26. The molecular weight excluding hydrogens is 356 g/mol. The van der Waals surface area contributed by atoms with Gasteiger partial charge in [0.05, 0.1) is 11.6 Å². The summed E-state index contributed by atoms with van der Waals surface area (Å²) in [6, 6.07) is 12.9. The van der Waals surface area contributed by atoms with Crippen LogP contribution in [-0.4, -0.2) is 44.2 Å². The van der Waals surface area contributed by atoms with E-state index in [-0.39, 0.29) is 0 Å². The summed E-state index contributed by atoms with van der Waals surface area (Å²) in [6.07, 6.45) is 1.01. The van der Waals surface area contributed by atoms with Gasteiger partial charge in [0.15, 0.2) is 0 Å². The zero-order valence-electron chi connectivity index (χ0n) is 16.8. The molecule has 2 aromatic rings. The summed E-state index contributed by atoms with van der Waals surface area (Å²) < 4.78 is 5.84. The van der Waals surface area contributed by atoms with Crippen LogP contribution in [0.1, 0.15) is 31.4 Å². The Kier molecular flexibility index (Phi) is 7.17. The first-order valence-corrected chi connectivity index (χ1v) is 10.4. The first-order valence-electron chi connectivity index (χ1n) is 10.1. The molecule has 0 aliphatic carbocycles. The Labute approximate surface area is 168 Å². The molecule has 1 heterocycles. The SMILES string of the molecule is CCCOCc1cc(N2CCN(CC)CC2)cc(-c2ccccc2C)c1Cl. The molecule has 146 valence electrons. The Bertz CT molecular complexity index is 754. The van der Waals surface area contributed by atoms with E-state index in [1.807, 2.05) is 0 Å². The predicted molar refractivity (Wildman–Crippen MR) is 116 cm³/mol. The van der Waals surface area contributed by atoms with Gasteiger partial charge in [-0.3, -0.25) is 0 Å². The largest absolute Gasteiger partial charge is 0.377 e. The maximum atomic E-state index is 6.84. The molecule has 0 unspecified atom stereocenters. The molecule has 0 amide bonds. The minimum Gasteiger partial charge on any atom is -0.377 e. The second-order valence-corrected chi connectivity index (χ2v) is 7.63. The van der Waals surface area contributed by atoms with E-state index in [1.165, 1.54) is 16.8 Å². The van der Waals surface area contributed by atoms with Crippen LogP contribution in [0.4, 0.5) is 5.69 Å². The Balaban J connectivity index is 1.97. The zero-order chi connectivity index (χ0) is 19.2. The maximum Gasteiger partial charge on any atom is 0.0732 e. The first-order chi connectivity index (χ1) is 13.1. The van der Waals surface area contributed by atoms with Gasteiger partial charge in [-0.05, 0) is 48.7 Å². The third-order valence-electron chi connectivity index (χ3n) is 5.36. The number of piperazine rings is 1. The van der Waals surface area contributed by atoms with Gasteiger partial charge in [0.2, 0.25) is 0 Å². The lowest BCUT2D eigenvalue weighted by atomic mass is 9.97. The number of benzene rings is 2. The third kappa shape index (κ3) is 4.84. The monoisotopic (exact) mass is 386 g/mol. The smallest absolute Gasteiger partial charge is 0.0732 e. The van der Waals surface area contributed by atoms with E-state index in [2.05, 4.69) is 67.0 Å². The predicted octanol–water partition coefficient (Wildman–Crippen LogP) is 5.38. The van der Waals surface area contributed by atoms with Crippen LogP contribution in [0.15, 0.2) is 36.4 Å². The van der Waals surface area contributed by atoms with Gasteiger partial charge in [-0.2, -0.15) is 0 Å². The molecule has 2 aromatic carbocycles. The van der Waals surface area contributed by atoms with Crippen molar-refractivity contribution >= 4 is 17.3 Å². The molecule has 0 radical (unpaired) electrons. The number of rotatable bonds is 7. The number of nitrogens with zero attached hydrogens (tertiary/aromatic N) is 2. The summed E-state index contributed by atoms with van der Waals surface area (Å²) >= 11 is 6.84. The van der Waals surface area contributed by atoms with E-state index < -0.39 is 0 Å². The molecule has 0 saturated carbocycles. The summed E-state index contributed by atoms with van der Waals surface area (Å²) in [5.74, 6) is 0. The van der Waals surface area contributed by atoms with Crippen LogP contribution in [0.5, 0.6) is 0 Å². The van der Waals surface area contributed by atoms with Crippen molar-refractivity contribution in [1.29, 1.82) is 0 Å². The summed E-state index contributed by atoms with van der Waals surface area (Å²) in [4.78, 5) is 4.98. The molecule has 1 saturated heterocycles. The average molecular weight is 387 g/mol. The van der Waals surface area contributed by atoms with Crippen molar-refractivity contribution in [1.82, 2.24) is 4.90 Å². The van der Waals surface area contributed by atoms with Crippen molar-refractivity contribution in [3.63, 3.8) is 0 Å². The number of anilines is 1. The Morgan fingerprint density at radius 3 is 2.41 bits per heavy atom. The average Bonchev–Trinajstić information content (AvgIpc) is 2.70. The van der Waals surface area contributed by atoms with Crippen LogP contribution in [0, 0.1) is 6.92 Å². The summed E-state index contributed by atoms with van der Waals surface area (Å²) in [7, 11) is 0. The lowest BCUT2D eigenvalue weighted by molar-refractivity contribution is 0.121. The number of aryl methyl sites for hydroxylation is 1. The van der Waals surface area contributed by atoms with E-state index in [0.717, 1.165) is 61.9 Å². The number of hydrogen-bond donors (Lipinski definition) is 0. The van der Waals surface area contributed by atoms with Gasteiger partial charge in [0, 0.05) is 44.0 Å². The quantitative estimate of drug-likeness (QED) is 0.594. The van der Waals surface area contributed by atoms with Crippen LogP contribution in [0.2, 0.25) is 5.02 Å². The molecule has 0 aromatic heterocycles. The maximum absolute atomic E-state index is 6.84. The first kappa shape index (κ1) is 20.2. The van der Waals surface area contributed by atoms with Crippen molar-refractivity contribution < 1.29 is 4.74 Å². The minimum absolute atomic E-state index is 0.564. The van der Waals surface area contributed by atoms with E-state index in [9.17, 15) is 0 Å². The molecule has 1 aliphatic rings. The Morgan fingerprint density at radius 1 is 1.00 bits per heavy atom. The van der Waals surface area contributed by atoms with Crippen molar-refractivity contribution in [3.05, 3.63) is 52.5 Å². The van der Waals surface area contributed by atoms with Gasteiger partial charge >= 0.3 is 0 Å². The highest BCUT2D eigenvalue weighted by molar-refractivity contribution is 6.34. The molecule has 27 heavy (non-hydrogen) atoms. The second kappa shape index (κ2) is 9.59. The lowest BCUT2D eigenvalue weighted by Crippen LogP contribution is -2.46. The van der Waals surface area contributed by atoms with Crippen molar-refractivity contribution in [2.75, 3.05) is 44.2 Å². The minimum atomic E-state index is 0.564. The summed E-state index contributed by atoms with van der Waals surface area (Å²) in [5, 5.41) is 0.816. The zero-order valence-corrected chi connectivity index (χ0v) is 17.6. The molecule has 0 bridgehead atoms. The summed E-state index contributed by atoms with van der Waals surface area (Å²) in [6.45, 7) is 13.3. The molecule has 0 N–H and O–H groups in total. The lowest BCUT2D eigenvalue weighted by Gasteiger charge is -2.36. The summed E-state index contributed by atoms with van der Waals surface area (Å²) in [5.41, 5.74) is 5.89. The van der Waals surface area contributed by atoms with Crippen LogP contribution in [-0.2, 0) is 11.3 Å². The highest BCUT2D eigenvalue weighted by Gasteiger charge is 2.19. The number of likely N-dealkylation sites (N-methyl/N-ethyl adjacent to an activating group) is 1. The Morgan fingerprint density at radius 2 is 1.74 bits per heavy atom. The van der Waals surface area contributed by atoms with Crippen molar-refractivity contribution in [2.24, 2.45) is 0 Å². The Hall–Kier alpha value is -1.55. The fraction of sp³-hybridized carbons (Fsp3) is 0.478. The molecule has 3 nitrogen and oxygen atoms in total. The van der Waals surface area contributed by atoms with Crippen LogP contribution >= 0.6 is 11.6 Å². The van der Waals surface area contributed by atoms with Gasteiger partial charge in [-0.1, -0.05) is 49.7 Å². The van der Waals surface area contributed by atoms with Gasteiger partial charge in [-0.15, -0.1) is 0 Å². The van der Waals surface area contributed by atoms with Gasteiger partial charge in [0.25, 0.3) is 0 Å². The fourth-order valence-electron chi connectivity index (χ4n) is 3.68. The highest BCUT2D eigenvalue weighted by atomic mass is 35.5. The normalized spacial score (nSPS) is 15.3. The molecular formula is C23H31ClN2O. The van der Waals surface area contributed by atoms with Crippen molar-refractivity contribution in [3.8, 4) is 11.1 Å². The molecule has 4 heteroatoms. The van der Waals surface area contributed by atoms with Crippen LogP contribution < -0.4 is 4.90 Å². The third-order valence-corrected chi connectivity index (χ3v) is 5.80. The highest BCUT2D eigenvalue weighted by Crippen LogP contribution is 2.37. The standard InChI is InChI=1S/C23H31ClN2O/c1-4-14-27-17-19-15-20(26-12-10-25(5-2)11-13-26)16-22(23(19)24)21-9-7-6-8-18(21)3/h6-9,15-16H,4-5,10-14,17H2,1-3H3. The molecule has 1 aliphatic heterocycles. The van der Waals surface area contributed by atoms with Gasteiger partial charge < -0.3 is 14.5 Å². The molecule has 0 spiro atoms. The van der Waals surface area contributed by atoms with E-state index in [0.29, 0.717) is 6.61 Å². The van der Waals surface area contributed by atoms with E-state index >= 15 is 0 Å². The number of ether oxygens (including phenoxy) is 1. The van der Waals surface area contributed by atoms with Crippen LogP contribution in [0.3, 0.4) is 0 Å². The molecule has 1 fully saturated rings. The molecule has 0 atom stereocenters. The topological polar surface area (TPSA) is 15.7 Å². The van der Waals surface area contributed by atoms with E-state index in [1.54, 1.807) is 0 Å². The van der Waals surface area contributed by atoms with Gasteiger partial charge in [-0.25, -0.2) is 0 Å². The van der Waals surface area contributed by atoms with Crippen molar-refractivity contribution in [2.45, 2.75) is 33.8 Å². The van der Waals surface area contributed by atoms with Crippen LogP contribution in [0.25, 0.3) is 11.1 Å². The van der Waals surface area contributed by atoms with Gasteiger partial charge in [0.1, 0.15) is 0 Å². The molecule has 3 rings (SSSR count). The van der Waals surface area contributed by atoms with E-state index in [4.69, 9.17) is 16.3 Å². The number of hydrogen-bond acceptors (Lipinski definition) is 3. The fourth-order valence-corrected chi connectivity index (χ4v) is 3.94.